The van der Waals surface area contributed by atoms with E-state index in [1.54, 1.807) is 11.0 Å². The number of rotatable bonds is 5. The van der Waals surface area contributed by atoms with Crippen LogP contribution in [-0.4, -0.2) is 34.5 Å². The van der Waals surface area contributed by atoms with E-state index in [9.17, 15) is 18.0 Å². The number of ether oxygens (including phenoxy) is 2. The number of carbonyl (C=O) groups is 1. The first-order chi connectivity index (χ1) is 17.7. The average molecular weight is 512 g/mol. The summed E-state index contributed by atoms with van der Waals surface area (Å²) in [4.78, 5) is 22.4. The summed E-state index contributed by atoms with van der Waals surface area (Å²) in [7, 11) is 0. The minimum Gasteiger partial charge on any atom is -0.454 e. The van der Waals surface area contributed by atoms with Crippen LogP contribution >= 0.6 is 0 Å². The summed E-state index contributed by atoms with van der Waals surface area (Å²) in [5, 5.41) is 0. The van der Waals surface area contributed by atoms with Crippen molar-refractivity contribution in [3.05, 3.63) is 70.9 Å². The zero-order chi connectivity index (χ0) is 25.9. The van der Waals surface area contributed by atoms with Gasteiger partial charge >= 0.3 is 6.18 Å². The van der Waals surface area contributed by atoms with Crippen LogP contribution in [0.4, 0.5) is 13.2 Å². The van der Waals surface area contributed by atoms with Gasteiger partial charge < -0.3 is 14.4 Å². The lowest BCUT2D eigenvalue weighted by molar-refractivity contribution is -0.137. The molecule has 2 aromatic carbocycles. The number of nitrogens with zero attached hydrogens (tertiary/aromatic N) is 3. The largest absolute Gasteiger partial charge is 0.454 e. The minimum absolute atomic E-state index is 0.0233. The summed E-state index contributed by atoms with van der Waals surface area (Å²) in [5.74, 6) is 2.34. The second-order valence-corrected chi connectivity index (χ2v) is 10.4. The number of amides is 1. The maximum absolute atomic E-state index is 13.6. The Morgan fingerprint density at radius 1 is 1.11 bits per heavy atom. The quantitative estimate of drug-likeness (QED) is 0.502. The molecule has 9 heteroatoms. The topological polar surface area (TPSA) is 54.4 Å². The lowest BCUT2D eigenvalue weighted by Gasteiger charge is -2.30. The molecule has 6 nitrogen and oxygen atoms in total. The van der Waals surface area contributed by atoms with Gasteiger partial charge in [0.1, 0.15) is 0 Å². The zero-order valence-electron chi connectivity index (χ0n) is 20.7. The van der Waals surface area contributed by atoms with Crippen LogP contribution < -0.4 is 9.47 Å². The van der Waals surface area contributed by atoms with Crippen molar-refractivity contribution in [1.82, 2.24) is 9.80 Å². The van der Waals surface area contributed by atoms with Gasteiger partial charge in [0.2, 0.25) is 18.7 Å². The molecule has 1 saturated carbocycles. The highest BCUT2D eigenvalue weighted by Gasteiger charge is 2.48. The van der Waals surface area contributed by atoms with E-state index in [2.05, 4.69) is 24.8 Å². The third-order valence-corrected chi connectivity index (χ3v) is 7.29. The highest BCUT2D eigenvalue weighted by atomic mass is 19.4. The van der Waals surface area contributed by atoms with Crippen LogP contribution in [0.2, 0.25) is 0 Å². The molecular formula is C28H28F3N3O3. The lowest BCUT2D eigenvalue weighted by Crippen LogP contribution is -2.42. The molecule has 2 atom stereocenters. The van der Waals surface area contributed by atoms with Gasteiger partial charge in [-0.2, -0.15) is 13.2 Å². The Bertz CT molecular complexity index is 1300. The van der Waals surface area contributed by atoms with Crippen LogP contribution in [0.1, 0.15) is 55.8 Å². The number of hydrogen-bond acceptors (Lipinski definition) is 5. The average Bonchev–Trinajstić information content (AvgIpc) is 3.45. The van der Waals surface area contributed by atoms with Crippen LogP contribution in [0.25, 0.3) is 0 Å². The van der Waals surface area contributed by atoms with Gasteiger partial charge in [-0.1, -0.05) is 38.1 Å². The number of hydrogen-bond donors (Lipinski definition) is 0. The van der Waals surface area contributed by atoms with Crippen molar-refractivity contribution >= 4 is 11.9 Å². The first-order valence-corrected chi connectivity index (χ1v) is 12.6. The second kappa shape index (κ2) is 8.82. The van der Waals surface area contributed by atoms with E-state index in [1.165, 1.54) is 6.07 Å². The van der Waals surface area contributed by atoms with E-state index in [-0.39, 0.29) is 31.1 Å². The Balaban J connectivity index is 1.42. The molecule has 6 rings (SSSR count). The molecule has 3 aliphatic heterocycles. The van der Waals surface area contributed by atoms with E-state index >= 15 is 0 Å². The molecule has 37 heavy (non-hydrogen) atoms. The van der Waals surface area contributed by atoms with Gasteiger partial charge in [0, 0.05) is 12.2 Å². The number of benzene rings is 2. The molecule has 2 aromatic rings. The van der Waals surface area contributed by atoms with Crippen molar-refractivity contribution in [2.45, 2.75) is 57.9 Å². The Labute approximate surface area is 213 Å². The van der Waals surface area contributed by atoms with E-state index in [0.29, 0.717) is 35.5 Å². The molecular weight excluding hydrogens is 483 g/mol. The maximum atomic E-state index is 13.6. The van der Waals surface area contributed by atoms with Crippen molar-refractivity contribution < 1.29 is 27.4 Å². The molecule has 4 aliphatic rings. The summed E-state index contributed by atoms with van der Waals surface area (Å²) < 4.78 is 51.2. The van der Waals surface area contributed by atoms with E-state index in [0.717, 1.165) is 36.2 Å². The molecule has 2 fully saturated rings. The van der Waals surface area contributed by atoms with E-state index in [1.807, 2.05) is 18.2 Å². The number of halogens is 3. The highest BCUT2D eigenvalue weighted by Crippen LogP contribution is 2.43. The van der Waals surface area contributed by atoms with E-state index in [4.69, 9.17) is 14.5 Å². The summed E-state index contributed by atoms with van der Waals surface area (Å²) in [6, 6.07) is 10.1. The van der Waals surface area contributed by atoms with Gasteiger partial charge in [-0.05, 0) is 60.1 Å². The van der Waals surface area contributed by atoms with Gasteiger partial charge in [-0.15, -0.1) is 0 Å². The molecule has 1 saturated heterocycles. The zero-order valence-corrected chi connectivity index (χ0v) is 20.7. The molecule has 0 unspecified atom stereocenters. The summed E-state index contributed by atoms with van der Waals surface area (Å²) in [6.07, 6.45) is -0.0525. The highest BCUT2D eigenvalue weighted by molar-refractivity contribution is 6.03. The molecule has 0 spiro atoms. The molecule has 0 bridgehead atoms. The Kier molecular flexibility index (Phi) is 5.69. The minimum atomic E-state index is -4.46. The van der Waals surface area contributed by atoms with Crippen LogP contribution in [0.15, 0.2) is 59.2 Å². The van der Waals surface area contributed by atoms with Gasteiger partial charge in [-0.25, -0.2) is 4.99 Å². The summed E-state index contributed by atoms with van der Waals surface area (Å²) >= 11 is 0. The maximum Gasteiger partial charge on any atom is 0.416 e. The molecule has 0 N–H and O–H groups in total. The summed E-state index contributed by atoms with van der Waals surface area (Å²) in [6.45, 7) is 4.89. The Hall–Kier alpha value is -3.49. The molecule has 3 heterocycles. The Morgan fingerprint density at radius 3 is 2.62 bits per heavy atom. The van der Waals surface area contributed by atoms with Crippen LogP contribution in [0.5, 0.6) is 11.5 Å². The normalized spacial score (nSPS) is 24.2. The number of fused-ring (bicyclic) bond motifs is 2. The Morgan fingerprint density at radius 2 is 1.89 bits per heavy atom. The first kappa shape index (κ1) is 23.9. The van der Waals surface area contributed by atoms with Gasteiger partial charge in [0.25, 0.3) is 0 Å². The first-order valence-electron chi connectivity index (χ1n) is 12.6. The van der Waals surface area contributed by atoms with Crippen molar-refractivity contribution in [3.63, 3.8) is 0 Å². The molecule has 0 aromatic heterocycles. The van der Waals surface area contributed by atoms with Gasteiger partial charge in [0.15, 0.2) is 11.5 Å². The van der Waals surface area contributed by atoms with Crippen molar-refractivity contribution in [2.75, 3.05) is 6.79 Å². The molecule has 194 valence electrons. The monoisotopic (exact) mass is 511 g/mol. The van der Waals surface area contributed by atoms with Gasteiger partial charge in [0.05, 0.1) is 24.1 Å². The standard InChI is InChI=1S/C28H28F3N3O3/c1-16(2)26-22(10-17-6-7-17)34-25(35)13-21(19-4-3-5-20(12-19)28(29,30)31)32-27(34)33(26)14-18-8-9-23-24(11-18)37-15-36-23/h3-5,8-12,16-17,21,26H,6-7,13-15H2,1-2H3/b22-10-/t21-,26+/m1/s1. The molecule has 1 aliphatic carbocycles. The fraction of sp³-hybridized carbons (Fsp3) is 0.429. The second-order valence-electron chi connectivity index (χ2n) is 10.4. The van der Waals surface area contributed by atoms with Crippen molar-refractivity contribution in [1.29, 1.82) is 0 Å². The van der Waals surface area contributed by atoms with E-state index < -0.39 is 17.8 Å². The van der Waals surface area contributed by atoms with Crippen LogP contribution in [0.3, 0.4) is 0 Å². The number of carbonyl (C=O) groups excluding carboxylic acids is 1. The fourth-order valence-corrected chi connectivity index (χ4v) is 5.39. The number of aliphatic imine (C=N–C) groups is 1. The fourth-order valence-electron chi connectivity index (χ4n) is 5.39. The van der Waals surface area contributed by atoms with Crippen molar-refractivity contribution in [2.24, 2.45) is 16.8 Å². The third kappa shape index (κ3) is 4.45. The van der Waals surface area contributed by atoms with Crippen LogP contribution in [-0.2, 0) is 17.5 Å². The number of alkyl halides is 3. The van der Waals surface area contributed by atoms with Crippen molar-refractivity contribution in [3.8, 4) is 11.5 Å². The van der Waals surface area contributed by atoms with Gasteiger partial charge in [-0.3, -0.25) is 9.69 Å². The number of allylic oxidation sites excluding steroid dienone is 1. The SMILES string of the molecule is CC(C)[C@H]1/C(=C/C2CC2)N2C(=O)C[C@H](c3cccc(C(F)(F)F)c3)N=C2N1Cc1ccc2c(c1)OCO2. The predicted molar refractivity (Wildman–Crippen MR) is 131 cm³/mol. The summed E-state index contributed by atoms with van der Waals surface area (Å²) in [5.41, 5.74) is 1.56. The predicted octanol–water partition coefficient (Wildman–Crippen LogP) is 5.90. The molecule has 1 amide bonds. The lowest BCUT2D eigenvalue weighted by atomic mass is 9.98. The molecule has 0 radical (unpaired) electrons. The number of guanidine groups is 1. The van der Waals surface area contributed by atoms with Crippen LogP contribution in [0, 0.1) is 11.8 Å². The smallest absolute Gasteiger partial charge is 0.416 e. The third-order valence-electron chi connectivity index (χ3n) is 7.29.